The van der Waals surface area contributed by atoms with Crippen molar-refractivity contribution in [3.05, 3.63) is 47.0 Å². The first-order valence-electron chi connectivity index (χ1n) is 9.81. The van der Waals surface area contributed by atoms with Gasteiger partial charge in [0, 0.05) is 24.0 Å². The lowest BCUT2D eigenvalue weighted by Gasteiger charge is -2.25. The number of hydrogen-bond donors (Lipinski definition) is 3. The van der Waals surface area contributed by atoms with Crippen LogP contribution in [0.25, 0.3) is 0 Å². The van der Waals surface area contributed by atoms with E-state index in [-0.39, 0.29) is 11.6 Å². The van der Waals surface area contributed by atoms with E-state index in [2.05, 4.69) is 26.1 Å². The summed E-state index contributed by atoms with van der Waals surface area (Å²) in [6.45, 7) is 2.71. The number of nitrogens with one attached hydrogen (secondary N) is 3. The van der Waals surface area contributed by atoms with Crippen molar-refractivity contribution in [2.75, 3.05) is 43.2 Å². The molecule has 1 aliphatic rings. The number of amides is 3. The highest BCUT2D eigenvalue weighted by molar-refractivity contribution is 7.98. The summed E-state index contributed by atoms with van der Waals surface area (Å²) in [5, 5.41) is 5.12. The number of aromatic nitrogens is 1. The van der Waals surface area contributed by atoms with Gasteiger partial charge in [-0.05, 0) is 30.6 Å². The van der Waals surface area contributed by atoms with Crippen molar-refractivity contribution < 1.29 is 19.1 Å². The Kier molecular flexibility index (Phi) is 8.68. The Hall–Kier alpha value is -2.63. The number of anilines is 1. The molecule has 1 aromatic carbocycles. The third-order valence-electron chi connectivity index (χ3n) is 4.57. The molecule has 31 heavy (non-hydrogen) atoms. The third-order valence-corrected chi connectivity index (χ3v) is 6.12. The van der Waals surface area contributed by atoms with Crippen molar-refractivity contribution in [3.8, 4) is 0 Å². The van der Waals surface area contributed by atoms with Crippen LogP contribution in [0.4, 0.5) is 5.13 Å². The predicted octanol–water partition coefficient (Wildman–Crippen LogP) is 1.29. The van der Waals surface area contributed by atoms with Crippen LogP contribution in [0, 0.1) is 0 Å². The molecular formula is C20H25N5O4S2. The number of hydrazine groups is 1. The molecule has 11 heteroatoms. The van der Waals surface area contributed by atoms with Crippen LogP contribution in [-0.4, -0.2) is 67.1 Å². The van der Waals surface area contributed by atoms with Crippen molar-refractivity contribution in [2.45, 2.75) is 12.5 Å². The van der Waals surface area contributed by atoms with Crippen LogP contribution in [-0.2, 0) is 9.53 Å². The molecule has 2 aromatic rings. The van der Waals surface area contributed by atoms with Crippen LogP contribution in [0.3, 0.4) is 0 Å². The Bertz CT molecular complexity index is 887. The van der Waals surface area contributed by atoms with Gasteiger partial charge in [0.25, 0.3) is 17.7 Å². The highest BCUT2D eigenvalue weighted by Gasteiger charge is 2.23. The Balaban J connectivity index is 1.55. The number of benzene rings is 1. The average molecular weight is 464 g/mol. The molecular weight excluding hydrogens is 438 g/mol. The molecule has 2 heterocycles. The summed E-state index contributed by atoms with van der Waals surface area (Å²) in [7, 11) is 0. The lowest BCUT2D eigenvalue weighted by atomic mass is 10.1. The van der Waals surface area contributed by atoms with E-state index in [4.69, 9.17) is 4.74 Å². The van der Waals surface area contributed by atoms with Gasteiger partial charge in [-0.15, -0.1) is 11.3 Å². The van der Waals surface area contributed by atoms with E-state index in [1.807, 2.05) is 12.3 Å². The van der Waals surface area contributed by atoms with E-state index < -0.39 is 17.9 Å². The van der Waals surface area contributed by atoms with Crippen molar-refractivity contribution in [1.29, 1.82) is 0 Å². The highest BCUT2D eigenvalue weighted by atomic mass is 32.2. The van der Waals surface area contributed by atoms with Gasteiger partial charge in [-0.25, -0.2) is 4.98 Å². The van der Waals surface area contributed by atoms with E-state index >= 15 is 0 Å². The van der Waals surface area contributed by atoms with Gasteiger partial charge in [0.15, 0.2) is 5.13 Å². The standard InChI is InChI=1S/C20H25N5O4S2/c1-30-12-7-15(21-17(26)14-5-3-2-4-6-14)18(27)23-24-19(28)16-13-31-20(22-16)25-8-10-29-11-9-25/h2-6,13,15H,7-12H2,1H3,(H,21,26)(H,23,27)(H,24,28)/t15-/m1/s1. The van der Waals surface area contributed by atoms with Gasteiger partial charge in [0.2, 0.25) is 0 Å². The van der Waals surface area contributed by atoms with Gasteiger partial charge >= 0.3 is 0 Å². The van der Waals surface area contributed by atoms with E-state index in [1.165, 1.54) is 11.3 Å². The van der Waals surface area contributed by atoms with Crippen LogP contribution in [0.1, 0.15) is 27.3 Å². The minimum Gasteiger partial charge on any atom is -0.378 e. The Morgan fingerprint density at radius 2 is 1.90 bits per heavy atom. The summed E-state index contributed by atoms with van der Waals surface area (Å²) in [4.78, 5) is 43.9. The van der Waals surface area contributed by atoms with E-state index in [0.717, 1.165) is 18.2 Å². The molecule has 3 rings (SSSR count). The average Bonchev–Trinajstić information content (AvgIpc) is 3.31. The maximum atomic E-state index is 12.6. The molecule has 0 bridgehead atoms. The summed E-state index contributed by atoms with van der Waals surface area (Å²) in [6.07, 6.45) is 2.35. The number of thioether (sulfide) groups is 1. The SMILES string of the molecule is CSCC[C@@H](NC(=O)c1ccccc1)C(=O)NNC(=O)c1csc(N2CCOCC2)n1. The first-order valence-corrected chi connectivity index (χ1v) is 12.1. The number of hydrogen-bond acceptors (Lipinski definition) is 8. The van der Waals surface area contributed by atoms with Crippen molar-refractivity contribution in [1.82, 2.24) is 21.2 Å². The first-order chi connectivity index (χ1) is 15.1. The number of morpholine rings is 1. The number of ether oxygens (including phenoxy) is 1. The lowest BCUT2D eigenvalue weighted by Crippen LogP contribution is -2.52. The van der Waals surface area contributed by atoms with E-state index in [0.29, 0.717) is 31.0 Å². The summed E-state index contributed by atoms with van der Waals surface area (Å²) < 4.78 is 5.32. The summed E-state index contributed by atoms with van der Waals surface area (Å²) in [5.74, 6) is -0.670. The fourth-order valence-corrected chi connectivity index (χ4v) is 4.20. The zero-order valence-electron chi connectivity index (χ0n) is 17.1. The molecule has 1 atom stereocenters. The summed E-state index contributed by atoms with van der Waals surface area (Å²) in [6, 6.07) is 7.90. The number of carbonyl (C=O) groups excluding carboxylic acids is 3. The van der Waals surface area contributed by atoms with Crippen LogP contribution in [0.2, 0.25) is 0 Å². The number of nitrogens with zero attached hydrogens (tertiary/aromatic N) is 2. The maximum Gasteiger partial charge on any atom is 0.289 e. The number of rotatable bonds is 8. The smallest absolute Gasteiger partial charge is 0.289 e. The molecule has 3 N–H and O–H groups in total. The van der Waals surface area contributed by atoms with Crippen molar-refractivity contribution >= 4 is 46.0 Å². The molecule has 1 fully saturated rings. The predicted molar refractivity (Wildman–Crippen MR) is 121 cm³/mol. The van der Waals surface area contributed by atoms with Crippen LogP contribution >= 0.6 is 23.1 Å². The molecule has 0 saturated carbocycles. The molecule has 0 spiro atoms. The maximum absolute atomic E-state index is 12.6. The van der Waals surface area contributed by atoms with Gasteiger partial charge in [-0.3, -0.25) is 25.2 Å². The monoisotopic (exact) mass is 463 g/mol. The Labute approximate surface area is 188 Å². The molecule has 0 radical (unpaired) electrons. The molecule has 1 aromatic heterocycles. The van der Waals surface area contributed by atoms with Crippen LogP contribution in [0.5, 0.6) is 0 Å². The minimum atomic E-state index is -0.778. The highest BCUT2D eigenvalue weighted by Crippen LogP contribution is 2.21. The quantitative estimate of drug-likeness (QED) is 0.506. The molecule has 9 nitrogen and oxygen atoms in total. The van der Waals surface area contributed by atoms with Gasteiger partial charge < -0.3 is 15.0 Å². The normalized spacial score (nSPS) is 14.5. The van der Waals surface area contributed by atoms with Crippen molar-refractivity contribution in [3.63, 3.8) is 0 Å². The second-order valence-corrected chi connectivity index (χ2v) is 8.55. The molecule has 3 amide bonds. The van der Waals surface area contributed by atoms with Crippen LogP contribution in [0.15, 0.2) is 35.7 Å². The first kappa shape index (κ1) is 23.0. The second-order valence-electron chi connectivity index (χ2n) is 6.73. The van der Waals surface area contributed by atoms with Gasteiger partial charge in [0.05, 0.1) is 13.2 Å². The largest absolute Gasteiger partial charge is 0.378 e. The van der Waals surface area contributed by atoms with E-state index in [9.17, 15) is 14.4 Å². The number of carbonyl (C=O) groups is 3. The third kappa shape index (κ3) is 6.68. The molecule has 1 aliphatic heterocycles. The Morgan fingerprint density at radius 1 is 1.16 bits per heavy atom. The zero-order chi connectivity index (χ0) is 22.1. The zero-order valence-corrected chi connectivity index (χ0v) is 18.8. The van der Waals surface area contributed by atoms with Gasteiger partial charge in [0.1, 0.15) is 11.7 Å². The lowest BCUT2D eigenvalue weighted by molar-refractivity contribution is -0.123. The topological polar surface area (TPSA) is 113 Å². The minimum absolute atomic E-state index is 0.223. The molecule has 0 aliphatic carbocycles. The number of thiazole rings is 1. The second kappa shape index (κ2) is 11.7. The molecule has 0 unspecified atom stereocenters. The van der Waals surface area contributed by atoms with Gasteiger partial charge in [-0.2, -0.15) is 11.8 Å². The fourth-order valence-electron chi connectivity index (χ4n) is 2.87. The Morgan fingerprint density at radius 3 is 2.61 bits per heavy atom. The van der Waals surface area contributed by atoms with Crippen LogP contribution < -0.4 is 21.1 Å². The molecule has 1 saturated heterocycles. The summed E-state index contributed by atoms with van der Waals surface area (Å²) >= 11 is 2.94. The van der Waals surface area contributed by atoms with E-state index in [1.54, 1.807) is 41.4 Å². The summed E-state index contributed by atoms with van der Waals surface area (Å²) in [5.41, 5.74) is 5.48. The van der Waals surface area contributed by atoms with Crippen molar-refractivity contribution in [2.24, 2.45) is 0 Å². The fraction of sp³-hybridized carbons (Fsp3) is 0.400. The van der Waals surface area contributed by atoms with Gasteiger partial charge in [-0.1, -0.05) is 18.2 Å². The molecule has 166 valence electrons.